The van der Waals surface area contributed by atoms with E-state index in [1.165, 1.54) is 25.7 Å². The van der Waals surface area contributed by atoms with Crippen molar-refractivity contribution in [3.05, 3.63) is 34.9 Å². The fraction of sp³-hybridized carbons (Fsp3) is 0.667. The highest BCUT2D eigenvalue weighted by Gasteiger charge is 2.33. The van der Waals surface area contributed by atoms with E-state index in [1.807, 2.05) is 0 Å². The first kappa shape index (κ1) is 13.6. The van der Waals surface area contributed by atoms with Gasteiger partial charge in [-0.1, -0.05) is 44.9 Å². The summed E-state index contributed by atoms with van der Waals surface area (Å²) in [7, 11) is 0. The van der Waals surface area contributed by atoms with Crippen LogP contribution >= 0.6 is 0 Å². The average molecular weight is 244 g/mol. The molecule has 0 nitrogen and oxygen atoms in total. The smallest absolute Gasteiger partial charge is 0.00977 e. The predicted octanol–water partition coefficient (Wildman–Crippen LogP) is 5.67. The third-order valence-electron chi connectivity index (χ3n) is 4.64. The summed E-state index contributed by atoms with van der Waals surface area (Å²) >= 11 is 0. The summed E-state index contributed by atoms with van der Waals surface area (Å²) in [5, 5.41) is 0. The lowest BCUT2D eigenvalue weighted by Crippen LogP contribution is -2.18. The molecule has 100 valence electrons. The van der Waals surface area contributed by atoms with Gasteiger partial charge in [0.05, 0.1) is 0 Å². The van der Waals surface area contributed by atoms with E-state index < -0.39 is 0 Å². The first-order valence-electron chi connectivity index (χ1n) is 7.62. The number of rotatable bonds is 4. The number of hydrogen-bond donors (Lipinski definition) is 0. The molecular formula is C18H28. The third-order valence-corrected chi connectivity index (χ3v) is 4.64. The molecule has 18 heavy (non-hydrogen) atoms. The maximum atomic E-state index is 3.97. The minimum Gasteiger partial charge on any atom is -0.103 e. The normalized spacial score (nSPS) is 24.2. The molecule has 1 saturated carbocycles. The molecule has 0 aliphatic heterocycles. The molecule has 2 aliphatic carbocycles. The number of allylic oxidation sites excluding steroid dienone is 5. The second kappa shape index (κ2) is 5.47. The fourth-order valence-electron chi connectivity index (χ4n) is 3.94. The van der Waals surface area contributed by atoms with Crippen LogP contribution < -0.4 is 0 Å². The van der Waals surface area contributed by atoms with Gasteiger partial charge in [0.15, 0.2) is 0 Å². The zero-order valence-electron chi connectivity index (χ0n) is 12.6. The lowest BCUT2D eigenvalue weighted by molar-refractivity contribution is 0.541. The van der Waals surface area contributed by atoms with Crippen molar-refractivity contribution in [2.75, 3.05) is 0 Å². The summed E-state index contributed by atoms with van der Waals surface area (Å²) in [6.45, 7) is 13.4. The second-order valence-corrected chi connectivity index (χ2v) is 6.54. The van der Waals surface area contributed by atoms with Crippen molar-refractivity contribution >= 4 is 0 Å². The van der Waals surface area contributed by atoms with E-state index in [1.54, 1.807) is 22.3 Å². The van der Waals surface area contributed by atoms with Gasteiger partial charge in [0.2, 0.25) is 0 Å². The van der Waals surface area contributed by atoms with E-state index >= 15 is 0 Å². The first-order valence-corrected chi connectivity index (χ1v) is 7.62. The first-order chi connectivity index (χ1) is 8.56. The quantitative estimate of drug-likeness (QED) is 0.559. The summed E-state index contributed by atoms with van der Waals surface area (Å²) < 4.78 is 0. The van der Waals surface area contributed by atoms with E-state index in [4.69, 9.17) is 0 Å². The van der Waals surface area contributed by atoms with E-state index in [9.17, 15) is 0 Å². The van der Waals surface area contributed by atoms with Crippen LogP contribution in [0.1, 0.15) is 59.8 Å². The van der Waals surface area contributed by atoms with Crippen molar-refractivity contribution < 1.29 is 0 Å². The van der Waals surface area contributed by atoms with Crippen molar-refractivity contribution in [3.63, 3.8) is 0 Å². The Bertz CT molecular complexity index is 390. The molecule has 1 fully saturated rings. The largest absolute Gasteiger partial charge is 0.103 e. The minimum absolute atomic E-state index is 0.671. The van der Waals surface area contributed by atoms with Crippen LogP contribution in [0.15, 0.2) is 34.9 Å². The lowest BCUT2D eigenvalue weighted by Gasteiger charge is -2.33. The summed E-state index contributed by atoms with van der Waals surface area (Å²) in [5.74, 6) is 2.23. The molecule has 0 amide bonds. The Morgan fingerprint density at radius 1 is 1.22 bits per heavy atom. The maximum absolute atomic E-state index is 3.97. The molecule has 0 aromatic heterocycles. The van der Waals surface area contributed by atoms with Crippen molar-refractivity contribution in [2.45, 2.75) is 59.8 Å². The molecule has 2 aliphatic rings. The van der Waals surface area contributed by atoms with Gasteiger partial charge >= 0.3 is 0 Å². The van der Waals surface area contributed by atoms with Crippen LogP contribution in [-0.4, -0.2) is 0 Å². The second-order valence-electron chi connectivity index (χ2n) is 6.54. The van der Waals surface area contributed by atoms with Crippen molar-refractivity contribution in [3.8, 4) is 0 Å². The van der Waals surface area contributed by atoms with Gasteiger partial charge in [-0.2, -0.15) is 0 Å². The molecule has 0 spiro atoms. The molecule has 1 unspecified atom stereocenters. The summed E-state index contributed by atoms with van der Waals surface area (Å²) in [6, 6.07) is 0. The highest BCUT2D eigenvalue weighted by Crippen LogP contribution is 2.48. The van der Waals surface area contributed by atoms with Gasteiger partial charge in [0, 0.05) is 0 Å². The van der Waals surface area contributed by atoms with Crippen LogP contribution in [-0.2, 0) is 0 Å². The summed E-state index contributed by atoms with van der Waals surface area (Å²) in [5.41, 5.74) is 6.86. The van der Waals surface area contributed by atoms with Gasteiger partial charge in [0.1, 0.15) is 0 Å². The van der Waals surface area contributed by atoms with Gasteiger partial charge in [-0.05, 0) is 61.0 Å². The maximum Gasteiger partial charge on any atom is -0.00977 e. The minimum atomic E-state index is 0.671. The van der Waals surface area contributed by atoms with Crippen molar-refractivity contribution in [1.82, 2.24) is 0 Å². The molecule has 2 rings (SSSR count). The van der Waals surface area contributed by atoms with E-state index in [2.05, 4.69) is 40.3 Å². The Balaban J connectivity index is 2.51. The Morgan fingerprint density at radius 3 is 2.50 bits per heavy atom. The molecular weight excluding hydrogens is 216 g/mol. The molecule has 0 bridgehead atoms. The third kappa shape index (κ3) is 2.35. The van der Waals surface area contributed by atoms with Crippen LogP contribution in [0.5, 0.6) is 0 Å². The molecule has 1 atom stereocenters. The highest BCUT2D eigenvalue weighted by molar-refractivity contribution is 5.47. The standard InChI is InChI=1S/C18H28/c1-6-8-16-17(12(2)3)11-14-9-7-10-15(14)18(16)13(4)5/h6,12-14H,1,7-11H2,2-5H3. The zero-order chi connectivity index (χ0) is 13.3. The van der Waals surface area contributed by atoms with E-state index in [0.717, 1.165) is 12.3 Å². The van der Waals surface area contributed by atoms with Gasteiger partial charge in [-0.3, -0.25) is 0 Å². The Hall–Kier alpha value is -0.780. The molecule has 0 aromatic rings. The predicted molar refractivity (Wildman–Crippen MR) is 80.5 cm³/mol. The topological polar surface area (TPSA) is 0 Å². The molecule has 0 aromatic carbocycles. The van der Waals surface area contributed by atoms with Gasteiger partial charge in [-0.15, -0.1) is 6.58 Å². The van der Waals surface area contributed by atoms with Crippen LogP contribution in [0.3, 0.4) is 0 Å². The molecule has 0 saturated heterocycles. The Kier molecular flexibility index (Phi) is 4.14. The zero-order valence-corrected chi connectivity index (χ0v) is 12.6. The Morgan fingerprint density at radius 2 is 1.94 bits per heavy atom. The number of hydrogen-bond acceptors (Lipinski definition) is 0. The summed E-state index contributed by atoms with van der Waals surface area (Å²) in [4.78, 5) is 0. The monoisotopic (exact) mass is 244 g/mol. The van der Waals surface area contributed by atoms with E-state index in [0.29, 0.717) is 11.8 Å². The van der Waals surface area contributed by atoms with Crippen LogP contribution in [0, 0.1) is 17.8 Å². The fourth-order valence-corrected chi connectivity index (χ4v) is 3.94. The van der Waals surface area contributed by atoms with Gasteiger partial charge < -0.3 is 0 Å². The Labute approximate surface area is 113 Å². The van der Waals surface area contributed by atoms with Crippen molar-refractivity contribution in [1.29, 1.82) is 0 Å². The van der Waals surface area contributed by atoms with Crippen molar-refractivity contribution in [2.24, 2.45) is 17.8 Å². The molecule has 0 radical (unpaired) electrons. The average Bonchev–Trinajstić information content (AvgIpc) is 2.75. The van der Waals surface area contributed by atoms with E-state index in [-0.39, 0.29) is 0 Å². The van der Waals surface area contributed by atoms with Crippen LogP contribution in [0.4, 0.5) is 0 Å². The molecule has 0 N–H and O–H groups in total. The van der Waals surface area contributed by atoms with Gasteiger partial charge in [-0.25, -0.2) is 0 Å². The highest BCUT2D eigenvalue weighted by atomic mass is 14.4. The van der Waals surface area contributed by atoms with Crippen LogP contribution in [0.25, 0.3) is 0 Å². The lowest BCUT2D eigenvalue weighted by atomic mass is 9.72. The summed E-state index contributed by atoms with van der Waals surface area (Å²) in [6.07, 6.45) is 8.66. The number of fused-ring (bicyclic) bond motifs is 1. The molecule has 0 heteroatoms. The van der Waals surface area contributed by atoms with Crippen LogP contribution in [0.2, 0.25) is 0 Å². The molecule has 0 heterocycles. The SMILES string of the molecule is C=CCC1=C(C(C)C)CC2CCCC2=C1C(C)C. The van der Waals surface area contributed by atoms with Gasteiger partial charge in [0.25, 0.3) is 0 Å².